The van der Waals surface area contributed by atoms with Gasteiger partial charge in [-0.15, -0.1) is 11.3 Å². The minimum absolute atomic E-state index is 0.369. The number of benzene rings is 2. The fourth-order valence-electron chi connectivity index (χ4n) is 4.21. The van der Waals surface area contributed by atoms with Gasteiger partial charge < -0.3 is 9.84 Å². The van der Waals surface area contributed by atoms with Crippen molar-refractivity contribution in [1.29, 1.82) is 0 Å². The number of hydrogen-bond donors (Lipinski definition) is 1. The number of nitrogens with zero attached hydrogens (tertiary/aromatic N) is 3. The number of methoxy groups -OCH3 is 1. The van der Waals surface area contributed by atoms with Crippen molar-refractivity contribution < 1.29 is 14.6 Å². The number of aromatic carboxylic acids is 1. The van der Waals surface area contributed by atoms with Crippen LogP contribution in [0.15, 0.2) is 52.3 Å². The monoisotopic (exact) mass is 509 g/mol. The molecule has 0 unspecified atom stereocenters. The molecule has 2 aromatic carbocycles. The molecule has 1 N–H and O–H groups in total. The number of aromatic nitrogens is 2. The molecule has 0 amide bonds. The minimum Gasteiger partial charge on any atom is -0.496 e. The summed E-state index contributed by atoms with van der Waals surface area (Å²) in [4.78, 5) is 23.9. The molecule has 3 heterocycles. The standard InChI is InChI=1S/C24H20BrN3O3S/c1-31-21-7-6-14(25)10-17(21)23-26-15(13-32-23)11-28-9-8-20-18(12-28)22(24(29)30)16-4-2-3-5-19(16)27-20/h2-7,10,13H,8-9,11-12H2,1H3,(H,29,30). The van der Waals surface area contributed by atoms with Gasteiger partial charge in [-0.05, 0) is 24.3 Å². The number of carboxylic acid groups (broad SMARTS) is 1. The van der Waals surface area contributed by atoms with Gasteiger partial charge in [0.1, 0.15) is 10.8 Å². The molecule has 0 aliphatic carbocycles. The number of ether oxygens (including phenoxy) is 1. The Morgan fingerprint density at radius 3 is 2.91 bits per heavy atom. The maximum atomic E-state index is 12.1. The van der Waals surface area contributed by atoms with Crippen LogP contribution in [-0.4, -0.2) is 39.6 Å². The molecule has 32 heavy (non-hydrogen) atoms. The molecule has 0 fully saturated rings. The van der Waals surface area contributed by atoms with Crippen molar-refractivity contribution in [3.63, 3.8) is 0 Å². The molecule has 5 rings (SSSR count). The second-order valence-electron chi connectivity index (χ2n) is 7.68. The van der Waals surface area contributed by atoms with Crippen molar-refractivity contribution in [2.45, 2.75) is 19.5 Å². The number of fused-ring (bicyclic) bond motifs is 2. The van der Waals surface area contributed by atoms with Crippen LogP contribution in [0.3, 0.4) is 0 Å². The molecule has 0 saturated heterocycles. The maximum absolute atomic E-state index is 12.1. The lowest BCUT2D eigenvalue weighted by Crippen LogP contribution is -2.32. The second kappa shape index (κ2) is 8.61. The largest absolute Gasteiger partial charge is 0.496 e. The minimum atomic E-state index is -0.903. The van der Waals surface area contributed by atoms with Gasteiger partial charge in [0.05, 0.1) is 29.4 Å². The molecule has 0 saturated carbocycles. The highest BCUT2D eigenvalue weighted by Crippen LogP contribution is 2.35. The Kier molecular flexibility index (Phi) is 5.67. The van der Waals surface area contributed by atoms with Crippen LogP contribution in [-0.2, 0) is 19.5 Å². The van der Waals surface area contributed by atoms with Gasteiger partial charge in [-0.2, -0.15) is 0 Å². The summed E-state index contributed by atoms with van der Waals surface area (Å²) in [6.07, 6.45) is 0.719. The van der Waals surface area contributed by atoms with E-state index in [0.29, 0.717) is 24.0 Å². The van der Waals surface area contributed by atoms with Crippen molar-refractivity contribution >= 4 is 44.1 Å². The topological polar surface area (TPSA) is 75.5 Å². The van der Waals surface area contributed by atoms with Gasteiger partial charge in [0.15, 0.2) is 0 Å². The average molecular weight is 510 g/mol. The predicted molar refractivity (Wildman–Crippen MR) is 128 cm³/mol. The van der Waals surface area contributed by atoms with Gasteiger partial charge in [-0.1, -0.05) is 34.1 Å². The zero-order chi connectivity index (χ0) is 22.2. The highest BCUT2D eigenvalue weighted by molar-refractivity contribution is 9.10. The molecule has 162 valence electrons. The number of pyridine rings is 1. The summed E-state index contributed by atoms with van der Waals surface area (Å²) in [7, 11) is 1.66. The first-order valence-corrected chi connectivity index (χ1v) is 11.8. The first kappa shape index (κ1) is 21.1. The number of hydrogen-bond acceptors (Lipinski definition) is 6. The van der Waals surface area contributed by atoms with E-state index in [1.165, 1.54) is 0 Å². The third-order valence-electron chi connectivity index (χ3n) is 5.67. The SMILES string of the molecule is COc1ccc(Br)cc1-c1nc(CN2CCc3nc4ccccc4c(C(=O)O)c3C2)cs1. The molecule has 8 heteroatoms. The van der Waals surface area contributed by atoms with Gasteiger partial charge in [0.2, 0.25) is 0 Å². The van der Waals surface area contributed by atoms with E-state index in [0.717, 1.165) is 56.2 Å². The molecule has 0 bridgehead atoms. The smallest absolute Gasteiger partial charge is 0.336 e. The molecule has 0 spiro atoms. The molecule has 0 radical (unpaired) electrons. The van der Waals surface area contributed by atoms with Crippen LogP contribution in [0.25, 0.3) is 21.5 Å². The molecule has 0 atom stereocenters. The van der Waals surface area contributed by atoms with E-state index >= 15 is 0 Å². The highest BCUT2D eigenvalue weighted by Gasteiger charge is 2.26. The van der Waals surface area contributed by atoms with Crippen LogP contribution in [0.5, 0.6) is 5.75 Å². The fraction of sp³-hybridized carbons (Fsp3) is 0.208. The third-order valence-corrected chi connectivity index (χ3v) is 7.09. The van der Waals surface area contributed by atoms with Crippen molar-refractivity contribution in [3.8, 4) is 16.3 Å². The van der Waals surface area contributed by atoms with Crippen molar-refractivity contribution in [2.24, 2.45) is 0 Å². The molecule has 1 aliphatic rings. The Labute approximate surface area is 197 Å². The third kappa shape index (κ3) is 3.90. The van der Waals surface area contributed by atoms with Crippen molar-refractivity contribution in [1.82, 2.24) is 14.9 Å². The summed E-state index contributed by atoms with van der Waals surface area (Å²) in [5.41, 5.74) is 4.71. The van der Waals surface area contributed by atoms with Gasteiger partial charge in [-0.3, -0.25) is 9.88 Å². The van der Waals surface area contributed by atoms with E-state index in [-0.39, 0.29) is 0 Å². The van der Waals surface area contributed by atoms with E-state index in [2.05, 4.69) is 26.2 Å². The average Bonchev–Trinajstić information content (AvgIpc) is 3.25. The Morgan fingerprint density at radius 1 is 1.25 bits per heavy atom. The molecular formula is C24H20BrN3O3S. The van der Waals surface area contributed by atoms with Crippen LogP contribution in [0.4, 0.5) is 0 Å². The highest BCUT2D eigenvalue weighted by atomic mass is 79.9. The number of rotatable bonds is 5. The Balaban J connectivity index is 1.43. The lowest BCUT2D eigenvalue weighted by molar-refractivity contribution is 0.0695. The van der Waals surface area contributed by atoms with Crippen LogP contribution < -0.4 is 4.74 Å². The lowest BCUT2D eigenvalue weighted by Gasteiger charge is -2.29. The quantitative estimate of drug-likeness (QED) is 0.388. The Bertz CT molecular complexity index is 1340. The summed E-state index contributed by atoms with van der Waals surface area (Å²) < 4.78 is 6.47. The molecule has 4 aromatic rings. The van der Waals surface area contributed by atoms with Crippen LogP contribution in [0.1, 0.15) is 27.3 Å². The van der Waals surface area contributed by atoms with E-state index in [4.69, 9.17) is 14.7 Å². The van der Waals surface area contributed by atoms with Gasteiger partial charge in [0.25, 0.3) is 0 Å². The number of carbonyl (C=O) groups is 1. The Hall–Kier alpha value is -2.81. The first-order valence-electron chi connectivity index (χ1n) is 10.2. The van der Waals surface area contributed by atoms with Gasteiger partial charge in [0, 0.05) is 52.6 Å². The normalized spacial score (nSPS) is 13.8. The van der Waals surface area contributed by atoms with Gasteiger partial charge in [-0.25, -0.2) is 9.78 Å². The molecule has 1 aliphatic heterocycles. The number of thiazole rings is 1. The summed E-state index contributed by atoms with van der Waals surface area (Å²) in [5, 5.41) is 13.6. The zero-order valence-electron chi connectivity index (χ0n) is 17.3. The van der Waals surface area contributed by atoms with Gasteiger partial charge >= 0.3 is 5.97 Å². The zero-order valence-corrected chi connectivity index (χ0v) is 19.7. The fourth-order valence-corrected chi connectivity index (χ4v) is 5.40. The van der Waals surface area contributed by atoms with Crippen LogP contribution >= 0.6 is 27.3 Å². The summed E-state index contributed by atoms with van der Waals surface area (Å²) in [5.74, 6) is -0.121. The van der Waals surface area contributed by atoms with E-state index in [9.17, 15) is 9.90 Å². The van der Waals surface area contributed by atoms with Crippen molar-refractivity contribution in [2.75, 3.05) is 13.7 Å². The summed E-state index contributed by atoms with van der Waals surface area (Å²) in [6, 6.07) is 13.3. The predicted octanol–water partition coefficient (Wildman–Crippen LogP) is 5.39. The number of halogens is 1. The van der Waals surface area contributed by atoms with E-state index < -0.39 is 5.97 Å². The summed E-state index contributed by atoms with van der Waals surface area (Å²) >= 11 is 5.10. The molecule has 6 nitrogen and oxygen atoms in total. The number of carboxylic acids is 1. The molecular weight excluding hydrogens is 490 g/mol. The first-order chi connectivity index (χ1) is 15.5. The number of para-hydroxylation sites is 1. The van der Waals surface area contributed by atoms with E-state index in [1.807, 2.05) is 42.5 Å². The lowest BCUT2D eigenvalue weighted by atomic mass is 9.96. The van der Waals surface area contributed by atoms with Crippen LogP contribution in [0, 0.1) is 0 Å². The second-order valence-corrected chi connectivity index (χ2v) is 9.46. The maximum Gasteiger partial charge on any atom is 0.336 e. The van der Waals surface area contributed by atoms with Crippen LogP contribution in [0.2, 0.25) is 0 Å². The molecule has 2 aromatic heterocycles. The summed E-state index contributed by atoms with van der Waals surface area (Å²) in [6.45, 7) is 2.00. The van der Waals surface area contributed by atoms with Crippen molar-refractivity contribution in [3.05, 3.63) is 74.8 Å². The Morgan fingerprint density at radius 2 is 2.09 bits per heavy atom. The van der Waals surface area contributed by atoms with E-state index in [1.54, 1.807) is 18.4 Å².